The van der Waals surface area contributed by atoms with E-state index in [2.05, 4.69) is 90.0 Å². The van der Waals surface area contributed by atoms with Crippen LogP contribution in [0.5, 0.6) is 11.5 Å². The zero-order valence-electron chi connectivity index (χ0n) is 53.7. The molecule has 3 fully saturated rings. The maximum atomic E-state index is 14.2. The van der Waals surface area contributed by atoms with Gasteiger partial charge in [0.05, 0.1) is 25.4 Å². The summed E-state index contributed by atoms with van der Waals surface area (Å²) in [4.78, 5) is 73.3. The molecule has 0 spiro atoms. The molecule has 5 aliphatic heterocycles. The number of nitrogens with one attached hydrogen (secondary N) is 3. The van der Waals surface area contributed by atoms with E-state index in [1.165, 1.54) is 25.0 Å². The van der Waals surface area contributed by atoms with Crippen molar-refractivity contribution in [3.05, 3.63) is 175 Å². The first kappa shape index (κ1) is 65.1. The standard InChI is InChI=1S/C73H96FN9O6/c1-9-53-13-15-56(16-14-53)37-58-39-65-64(44-77-70(58)86)72(5,6)48-82(65)67(84)36-50(2)35-52(4)76-42-51(3)45-79-28-21-54(22-29-79)25-33-88-62-11-10-12-63(41-62)89-34-26-55-23-30-80(31-24-55)46-61-43-75-27-32-81(61)47-68(85)83-49-73(7,8)69-66(83)40-59(71(87)78-69)38-57-17-19-60(74)20-18-57/h9-20,39-41,44,51-52,54-55,61,75-76H,1-2,21-38,42-43,45-49H2,3-8H3,(H,78,87)/t51-,52-,61-/m1/s1. The fourth-order valence-corrected chi connectivity index (χ4v) is 14.1. The molecule has 16 heteroatoms. The highest BCUT2D eigenvalue weighted by Crippen LogP contribution is 2.41. The number of ether oxygens (including phenoxy) is 2. The minimum absolute atomic E-state index is 0.00514. The number of halogens is 1. The molecule has 7 heterocycles. The van der Waals surface area contributed by atoms with Crippen LogP contribution in [0.2, 0.25) is 0 Å². The molecule has 3 atom stereocenters. The van der Waals surface area contributed by atoms with Gasteiger partial charge in [-0.05, 0) is 155 Å². The quantitative estimate of drug-likeness (QED) is 0.0452. The number of carbonyl (C=O) groups excluding carboxylic acids is 2. The second-order valence-corrected chi connectivity index (χ2v) is 27.7. The van der Waals surface area contributed by atoms with Crippen molar-refractivity contribution in [2.75, 3.05) is 108 Å². The highest BCUT2D eigenvalue weighted by Gasteiger charge is 2.42. The molecule has 2 amide bonds. The topological polar surface area (TPSA) is 156 Å². The lowest BCUT2D eigenvalue weighted by molar-refractivity contribution is -0.120. The molecule has 10 rings (SSSR count). The van der Waals surface area contributed by atoms with Gasteiger partial charge in [-0.25, -0.2) is 9.37 Å². The van der Waals surface area contributed by atoms with Gasteiger partial charge in [0.15, 0.2) is 0 Å². The van der Waals surface area contributed by atoms with Crippen LogP contribution in [0, 0.1) is 23.6 Å². The second-order valence-electron chi connectivity index (χ2n) is 27.7. The predicted molar refractivity (Wildman–Crippen MR) is 355 cm³/mol. The van der Waals surface area contributed by atoms with E-state index in [0.29, 0.717) is 81.0 Å². The number of hydrogen-bond donors (Lipinski definition) is 3. The molecule has 0 saturated carbocycles. The van der Waals surface area contributed by atoms with Gasteiger partial charge in [0.25, 0.3) is 11.1 Å². The number of piperazine rings is 1. The van der Waals surface area contributed by atoms with Crippen molar-refractivity contribution >= 4 is 29.3 Å². The summed E-state index contributed by atoms with van der Waals surface area (Å²) in [6, 6.07) is 26.4. The fourth-order valence-electron chi connectivity index (χ4n) is 14.1. The highest BCUT2D eigenvalue weighted by molar-refractivity contribution is 5.98. The molecule has 476 valence electrons. The van der Waals surface area contributed by atoms with E-state index in [0.717, 1.165) is 148 Å². The Kier molecular flexibility index (Phi) is 21.5. The SMILES string of the molecule is C=Cc1ccc(Cc2cc3c(cnc2=O)C(C)(C)CN3C(=O)CC(=C)C[C@@H](C)NC[C@@H](C)CN2CCC(CCOc3cccc(OCCC4CCN(C[C@H]5CNCCN5CC(=O)N5CC(C)(C)c6[nH]c(=O)c(Cc7ccc(F)cc7)cc65)CC4)c3)CC2)cc1. The van der Waals surface area contributed by atoms with E-state index in [1.807, 2.05) is 70.5 Å². The Bertz CT molecular complexity index is 3390. The van der Waals surface area contributed by atoms with Gasteiger partial charge in [-0.3, -0.25) is 24.1 Å². The van der Waals surface area contributed by atoms with Crippen molar-refractivity contribution in [2.45, 2.75) is 129 Å². The van der Waals surface area contributed by atoms with Gasteiger partial charge < -0.3 is 44.7 Å². The molecular formula is C73H96FN9O6. The zero-order chi connectivity index (χ0) is 62.8. The normalized spacial score (nSPS) is 19.6. The van der Waals surface area contributed by atoms with Gasteiger partial charge in [-0.2, -0.15) is 0 Å². The summed E-state index contributed by atoms with van der Waals surface area (Å²) in [7, 11) is 0. The number of carbonyl (C=O) groups is 2. The first-order valence-corrected chi connectivity index (χ1v) is 32.8. The third-order valence-corrected chi connectivity index (χ3v) is 19.4. The minimum atomic E-state index is -0.397. The van der Waals surface area contributed by atoms with Crippen LogP contribution < -0.4 is 41.0 Å². The van der Waals surface area contributed by atoms with Crippen molar-refractivity contribution in [2.24, 2.45) is 17.8 Å². The maximum Gasteiger partial charge on any atom is 0.273 e. The van der Waals surface area contributed by atoms with E-state index >= 15 is 0 Å². The van der Waals surface area contributed by atoms with Crippen LogP contribution in [0.1, 0.15) is 132 Å². The van der Waals surface area contributed by atoms with Crippen LogP contribution in [0.3, 0.4) is 0 Å². The van der Waals surface area contributed by atoms with Gasteiger partial charge in [0, 0.05) is 128 Å². The number of hydrogen-bond acceptors (Lipinski definition) is 12. The van der Waals surface area contributed by atoms with Gasteiger partial charge in [0.1, 0.15) is 17.3 Å². The number of piperidine rings is 2. The third kappa shape index (κ3) is 17.2. The lowest BCUT2D eigenvalue weighted by Gasteiger charge is -2.41. The van der Waals surface area contributed by atoms with Crippen LogP contribution in [0.25, 0.3) is 6.08 Å². The fraction of sp³-hybridized carbons (Fsp3) is 0.521. The Labute approximate surface area is 527 Å². The minimum Gasteiger partial charge on any atom is -0.493 e. The number of aromatic nitrogens is 2. The molecule has 3 saturated heterocycles. The molecule has 2 aromatic heterocycles. The highest BCUT2D eigenvalue weighted by atomic mass is 19.1. The lowest BCUT2D eigenvalue weighted by Crippen LogP contribution is -2.58. The number of rotatable bonds is 26. The predicted octanol–water partition coefficient (Wildman–Crippen LogP) is 9.93. The van der Waals surface area contributed by atoms with Crippen LogP contribution in [-0.4, -0.2) is 147 Å². The van der Waals surface area contributed by atoms with Gasteiger partial charge in [0.2, 0.25) is 11.8 Å². The third-order valence-electron chi connectivity index (χ3n) is 19.4. The number of nitrogens with zero attached hydrogens (tertiary/aromatic N) is 6. The Morgan fingerprint density at radius 1 is 0.775 bits per heavy atom. The Morgan fingerprint density at radius 3 is 2.04 bits per heavy atom. The van der Waals surface area contributed by atoms with Crippen molar-refractivity contribution in [1.29, 1.82) is 0 Å². The zero-order valence-corrected chi connectivity index (χ0v) is 53.7. The van der Waals surface area contributed by atoms with Crippen LogP contribution >= 0.6 is 0 Å². The Balaban J connectivity index is 0.585. The molecule has 5 aromatic rings. The average Bonchev–Trinajstić information content (AvgIpc) is 1.64. The number of H-pyrrole nitrogens is 1. The van der Waals surface area contributed by atoms with Gasteiger partial charge in [-0.1, -0.05) is 102 Å². The summed E-state index contributed by atoms with van der Waals surface area (Å²) < 4.78 is 26.2. The Morgan fingerprint density at radius 2 is 1.38 bits per heavy atom. The molecule has 0 bridgehead atoms. The van der Waals surface area contributed by atoms with E-state index in [-0.39, 0.29) is 52.7 Å². The number of benzene rings is 3. The molecule has 89 heavy (non-hydrogen) atoms. The molecule has 0 aliphatic carbocycles. The smallest absolute Gasteiger partial charge is 0.273 e. The van der Waals surface area contributed by atoms with Crippen LogP contribution in [-0.2, 0) is 33.3 Å². The molecule has 3 aromatic carbocycles. The number of fused-ring (bicyclic) bond motifs is 2. The molecule has 0 unspecified atom stereocenters. The molecular weight excluding hydrogens is 1120 g/mol. The number of amides is 2. The lowest BCUT2D eigenvalue weighted by atomic mass is 9.88. The largest absolute Gasteiger partial charge is 0.493 e. The van der Waals surface area contributed by atoms with E-state index in [4.69, 9.17) is 9.47 Å². The second kappa shape index (κ2) is 29.4. The summed E-state index contributed by atoms with van der Waals surface area (Å²) >= 11 is 0. The molecule has 15 nitrogen and oxygen atoms in total. The van der Waals surface area contributed by atoms with Gasteiger partial charge >= 0.3 is 0 Å². The number of aromatic amines is 1. The van der Waals surface area contributed by atoms with E-state index in [1.54, 1.807) is 24.4 Å². The summed E-state index contributed by atoms with van der Waals surface area (Å²) in [5.41, 5.74) is 6.93. The van der Waals surface area contributed by atoms with Crippen molar-refractivity contribution in [3.8, 4) is 11.5 Å². The molecule has 0 radical (unpaired) electrons. The van der Waals surface area contributed by atoms with Crippen molar-refractivity contribution in [1.82, 2.24) is 35.3 Å². The average molecular weight is 1210 g/mol. The van der Waals surface area contributed by atoms with Crippen LogP contribution in [0.4, 0.5) is 15.8 Å². The molecule has 5 aliphatic rings. The summed E-state index contributed by atoms with van der Waals surface area (Å²) in [6.45, 7) is 33.3. The first-order valence-electron chi connectivity index (χ1n) is 32.8. The van der Waals surface area contributed by atoms with Crippen molar-refractivity contribution < 1.29 is 23.5 Å². The van der Waals surface area contributed by atoms with E-state index < -0.39 is 5.41 Å². The number of likely N-dealkylation sites (tertiary alicyclic amines) is 2. The number of pyridine rings is 1. The Hall–Kier alpha value is -6.82. The summed E-state index contributed by atoms with van der Waals surface area (Å²) in [6.07, 6.45) is 11.8. The number of anilines is 2. The first-order chi connectivity index (χ1) is 42.7. The summed E-state index contributed by atoms with van der Waals surface area (Å²) in [5.74, 6) is 3.15. The molecule has 3 N–H and O–H groups in total. The summed E-state index contributed by atoms with van der Waals surface area (Å²) in [5, 5.41) is 7.31. The monoisotopic (exact) mass is 1210 g/mol. The maximum absolute atomic E-state index is 14.2. The van der Waals surface area contributed by atoms with Crippen LogP contribution in [0.15, 0.2) is 119 Å². The van der Waals surface area contributed by atoms with E-state index in [9.17, 15) is 23.6 Å². The van der Waals surface area contributed by atoms with Crippen molar-refractivity contribution in [3.63, 3.8) is 0 Å². The van der Waals surface area contributed by atoms with Gasteiger partial charge in [-0.15, -0.1) is 0 Å².